The third-order valence-electron chi connectivity index (χ3n) is 3.22. The number of rotatable bonds is 3. The predicted octanol–water partition coefficient (Wildman–Crippen LogP) is 1.35. The molecule has 0 amide bonds. The molecule has 2 atom stereocenters. The molecule has 14 heavy (non-hydrogen) atoms. The summed E-state index contributed by atoms with van der Waals surface area (Å²) in [5.74, 6) is 3.24. The zero-order chi connectivity index (χ0) is 10.1. The topological polar surface area (TPSA) is 50.4 Å². The van der Waals surface area contributed by atoms with Gasteiger partial charge in [0, 0.05) is 12.6 Å². The highest BCUT2D eigenvalue weighted by atomic mass is 15.1. The molecule has 2 saturated carbocycles. The van der Waals surface area contributed by atoms with Gasteiger partial charge in [-0.1, -0.05) is 13.8 Å². The van der Waals surface area contributed by atoms with Gasteiger partial charge in [-0.05, 0) is 37.0 Å². The van der Waals surface area contributed by atoms with Gasteiger partial charge >= 0.3 is 0 Å². The number of hydrogen-bond acceptors (Lipinski definition) is 1. The van der Waals surface area contributed by atoms with Crippen LogP contribution in [0.2, 0.25) is 0 Å². The fraction of sp³-hybridized carbons (Fsp3) is 0.909. The number of nitrogens with two attached hydrogens (primary N) is 1. The Bertz CT molecular complexity index is 225. The zero-order valence-corrected chi connectivity index (χ0v) is 9.16. The van der Waals surface area contributed by atoms with Gasteiger partial charge in [0.25, 0.3) is 0 Å². The largest absolute Gasteiger partial charge is 0.370 e. The van der Waals surface area contributed by atoms with Gasteiger partial charge in [-0.3, -0.25) is 4.99 Å². The van der Waals surface area contributed by atoms with E-state index in [2.05, 4.69) is 24.2 Å². The minimum atomic E-state index is 0.590. The summed E-state index contributed by atoms with van der Waals surface area (Å²) >= 11 is 0. The fourth-order valence-corrected chi connectivity index (χ4v) is 2.37. The van der Waals surface area contributed by atoms with Gasteiger partial charge in [0.05, 0.1) is 0 Å². The monoisotopic (exact) mass is 195 g/mol. The second kappa shape index (κ2) is 3.79. The molecule has 0 radical (unpaired) electrons. The van der Waals surface area contributed by atoms with Crippen molar-refractivity contribution in [3.05, 3.63) is 0 Å². The minimum absolute atomic E-state index is 0.590. The molecule has 0 heterocycles. The number of nitrogens with zero attached hydrogens (tertiary/aromatic N) is 1. The van der Waals surface area contributed by atoms with Crippen molar-refractivity contribution in [2.75, 3.05) is 6.54 Å². The summed E-state index contributed by atoms with van der Waals surface area (Å²) < 4.78 is 0. The predicted molar refractivity (Wildman–Crippen MR) is 59.1 cm³/mol. The first-order valence-electron chi connectivity index (χ1n) is 5.71. The lowest BCUT2D eigenvalue weighted by atomic mass is 10.2. The minimum Gasteiger partial charge on any atom is -0.370 e. The maximum Gasteiger partial charge on any atom is 0.188 e. The summed E-state index contributed by atoms with van der Waals surface area (Å²) in [6.07, 6.45) is 4.08. The van der Waals surface area contributed by atoms with Crippen LogP contribution in [-0.4, -0.2) is 18.5 Å². The van der Waals surface area contributed by atoms with Crippen molar-refractivity contribution in [1.29, 1.82) is 0 Å². The summed E-state index contributed by atoms with van der Waals surface area (Å²) in [6.45, 7) is 5.14. The van der Waals surface area contributed by atoms with Crippen LogP contribution in [0, 0.1) is 17.8 Å². The molecule has 2 rings (SSSR count). The van der Waals surface area contributed by atoms with Crippen LogP contribution in [0.5, 0.6) is 0 Å². The van der Waals surface area contributed by atoms with Crippen LogP contribution >= 0.6 is 0 Å². The standard InChI is InChI=1S/C11H21N3/c1-7(2)6-13-11(12)14-10-4-8-3-9(8)5-10/h7-10H,3-6H2,1-2H3,(H3,12,13,14). The first-order chi connectivity index (χ1) is 6.65. The highest BCUT2D eigenvalue weighted by molar-refractivity contribution is 5.78. The van der Waals surface area contributed by atoms with Crippen LogP contribution in [0.1, 0.15) is 33.1 Å². The average molecular weight is 195 g/mol. The van der Waals surface area contributed by atoms with Gasteiger partial charge in [-0.2, -0.15) is 0 Å². The molecule has 0 aromatic heterocycles. The van der Waals surface area contributed by atoms with Crippen molar-refractivity contribution in [3.63, 3.8) is 0 Å². The van der Waals surface area contributed by atoms with Crippen LogP contribution in [0.4, 0.5) is 0 Å². The molecular formula is C11H21N3. The Morgan fingerprint density at radius 3 is 2.57 bits per heavy atom. The van der Waals surface area contributed by atoms with Crippen molar-refractivity contribution >= 4 is 5.96 Å². The Morgan fingerprint density at radius 1 is 1.36 bits per heavy atom. The lowest BCUT2D eigenvalue weighted by molar-refractivity contribution is 0.555. The molecule has 0 bridgehead atoms. The van der Waals surface area contributed by atoms with Crippen molar-refractivity contribution in [2.24, 2.45) is 28.5 Å². The summed E-state index contributed by atoms with van der Waals surface area (Å²) in [4.78, 5) is 4.31. The number of hydrogen-bond donors (Lipinski definition) is 2. The van der Waals surface area contributed by atoms with E-state index in [0.717, 1.165) is 18.4 Å². The highest BCUT2D eigenvalue weighted by Gasteiger charge is 2.45. The molecule has 2 aliphatic rings. The third-order valence-corrected chi connectivity index (χ3v) is 3.22. The number of nitrogens with one attached hydrogen (secondary N) is 1. The molecule has 2 aliphatic carbocycles. The quantitative estimate of drug-likeness (QED) is 0.527. The molecule has 3 heteroatoms. The smallest absolute Gasteiger partial charge is 0.188 e. The second-order valence-corrected chi connectivity index (χ2v) is 5.19. The lowest BCUT2D eigenvalue weighted by Crippen LogP contribution is -2.39. The van der Waals surface area contributed by atoms with Crippen molar-refractivity contribution in [2.45, 2.75) is 39.2 Å². The normalized spacial score (nSPS) is 35.9. The molecule has 3 nitrogen and oxygen atoms in total. The Hall–Kier alpha value is -0.730. The van der Waals surface area contributed by atoms with Crippen LogP contribution in [0.15, 0.2) is 4.99 Å². The van der Waals surface area contributed by atoms with E-state index in [9.17, 15) is 0 Å². The Morgan fingerprint density at radius 2 is 2.00 bits per heavy atom. The lowest BCUT2D eigenvalue weighted by Gasteiger charge is -2.14. The molecular weight excluding hydrogens is 174 g/mol. The van der Waals surface area contributed by atoms with Crippen LogP contribution < -0.4 is 11.1 Å². The Kier molecular flexibility index (Phi) is 2.66. The van der Waals surface area contributed by atoms with E-state index in [4.69, 9.17) is 5.73 Å². The van der Waals surface area contributed by atoms with Crippen LogP contribution in [-0.2, 0) is 0 Å². The van der Waals surface area contributed by atoms with E-state index in [-0.39, 0.29) is 0 Å². The molecule has 80 valence electrons. The second-order valence-electron chi connectivity index (χ2n) is 5.19. The Balaban J connectivity index is 1.71. The molecule has 3 N–H and O–H groups in total. The van der Waals surface area contributed by atoms with Gasteiger partial charge in [-0.15, -0.1) is 0 Å². The van der Waals surface area contributed by atoms with Gasteiger partial charge in [-0.25, -0.2) is 0 Å². The maximum absolute atomic E-state index is 5.80. The average Bonchev–Trinajstić information content (AvgIpc) is 2.71. The van der Waals surface area contributed by atoms with Crippen LogP contribution in [0.25, 0.3) is 0 Å². The number of guanidine groups is 1. The van der Waals surface area contributed by atoms with E-state index in [1.165, 1.54) is 19.3 Å². The van der Waals surface area contributed by atoms with E-state index >= 15 is 0 Å². The summed E-state index contributed by atoms with van der Waals surface area (Å²) in [7, 11) is 0. The van der Waals surface area contributed by atoms with E-state index in [0.29, 0.717) is 17.9 Å². The molecule has 0 aliphatic heterocycles. The molecule has 2 fully saturated rings. The van der Waals surface area contributed by atoms with Gasteiger partial charge in [0.1, 0.15) is 0 Å². The van der Waals surface area contributed by atoms with Crippen molar-refractivity contribution < 1.29 is 0 Å². The zero-order valence-electron chi connectivity index (χ0n) is 9.16. The van der Waals surface area contributed by atoms with Crippen molar-refractivity contribution in [1.82, 2.24) is 5.32 Å². The van der Waals surface area contributed by atoms with Crippen LogP contribution in [0.3, 0.4) is 0 Å². The van der Waals surface area contributed by atoms with Crippen molar-refractivity contribution in [3.8, 4) is 0 Å². The van der Waals surface area contributed by atoms with E-state index in [1.54, 1.807) is 0 Å². The fourth-order valence-electron chi connectivity index (χ4n) is 2.37. The number of fused-ring (bicyclic) bond motifs is 1. The first-order valence-corrected chi connectivity index (χ1v) is 5.71. The molecule has 0 aromatic carbocycles. The molecule has 0 saturated heterocycles. The molecule has 0 spiro atoms. The summed E-state index contributed by atoms with van der Waals surface area (Å²) in [6, 6.07) is 0.606. The summed E-state index contributed by atoms with van der Waals surface area (Å²) in [5, 5.41) is 3.32. The van der Waals surface area contributed by atoms with E-state index in [1.807, 2.05) is 0 Å². The van der Waals surface area contributed by atoms with Gasteiger partial charge in [0.2, 0.25) is 0 Å². The van der Waals surface area contributed by atoms with Gasteiger partial charge < -0.3 is 11.1 Å². The van der Waals surface area contributed by atoms with Gasteiger partial charge in [0.15, 0.2) is 5.96 Å². The first kappa shape index (κ1) is 9.81. The van der Waals surface area contributed by atoms with E-state index < -0.39 is 0 Å². The third kappa shape index (κ3) is 2.40. The Labute approximate surface area is 86.2 Å². The summed E-state index contributed by atoms with van der Waals surface area (Å²) in [5.41, 5.74) is 5.80. The SMILES string of the molecule is CC(C)CN=C(N)NC1CC2CC2C1. The molecule has 0 aromatic rings. The molecule has 2 unspecified atom stereocenters. The maximum atomic E-state index is 5.80. The highest BCUT2D eigenvalue weighted by Crippen LogP contribution is 2.51. The number of aliphatic imine (C=N–C) groups is 1.